The molecule has 1 rings (SSSR count). The molecule has 1 aliphatic rings. The molecule has 0 heterocycles. The molecule has 0 atom stereocenters. The molecule has 1 saturated carbocycles. The van der Waals surface area contributed by atoms with Crippen LogP contribution in [0.5, 0.6) is 0 Å². The minimum atomic E-state index is 0.154. The number of amides is 1. The fraction of sp³-hybridized carbons (Fsp3) is 0.889. The van der Waals surface area contributed by atoms with Gasteiger partial charge in [-0.1, -0.05) is 6.42 Å². The van der Waals surface area contributed by atoms with Crippen LogP contribution in [0.2, 0.25) is 0 Å². The highest BCUT2D eigenvalue weighted by Gasteiger charge is 2.37. The molecule has 0 aromatic carbocycles. The molecule has 1 aliphatic carbocycles. The monoisotopic (exact) mass is 170 g/mol. The zero-order chi connectivity index (χ0) is 9.19. The average Bonchev–Trinajstić information content (AvgIpc) is 1.96. The summed E-state index contributed by atoms with van der Waals surface area (Å²) in [6, 6.07) is 0. The van der Waals surface area contributed by atoms with Crippen molar-refractivity contribution in [3.8, 4) is 0 Å². The number of carbonyl (C=O) groups excluding carboxylic acids is 1. The van der Waals surface area contributed by atoms with E-state index in [0.717, 1.165) is 12.8 Å². The predicted molar refractivity (Wildman–Crippen MR) is 48.6 cm³/mol. The Hall–Kier alpha value is -0.570. The number of nitrogens with two attached hydrogens (primary N) is 1. The third-order valence-electron chi connectivity index (χ3n) is 2.87. The summed E-state index contributed by atoms with van der Waals surface area (Å²) in [7, 11) is 3.59. The van der Waals surface area contributed by atoms with Crippen LogP contribution in [0, 0.1) is 5.41 Å². The summed E-state index contributed by atoms with van der Waals surface area (Å²) in [6.07, 6.45) is 4.13. The van der Waals surface area contributed by atoms with Crippen LogP contribution in [-0.2, 0) is 4.79 Å². The van der Waals surface area contributed by atoms with Crippen molar-refractivity contribution in [3.63, 3.8) is 0 Å². The van der Waals surface area contributed by atoms with Crippen molar-refractivity contribution in [1.29, 1.82) is 0 Å². The van der Waals surface area contributed by atoms with Gasteiger partial charge in [-0.15, -0.1) is 0 Å². The maximum Gasteiger partial charge on any atom is 0.222 e. The predicted octanol–water partition coefficient (Wildman–Crippen LogP) is 0.594. The highest BCUT2D eigenvalue weighted by atomic mass is 16.2. The lowest BCUT2D eigenvalue weighted by Crippen LogP contribution is -2.41. The first kappa shape index (κ1) is 9.52. The van der Waals surface area contributed by atoms with Gasteiger partial charge in [-0.3, -0.25) is 4.79 Å². The second-order valence-electron chi connectivity index (χ2n) is 4.02. The molecule has 0 radical (unpaired) electrons. The molecule has 0 spiro atoms. The third-order valence-corrected chi connectivity index (χ3v) is 2.87. The normalized spacial score (nSPS) is 19.9. The van der Waals surface area contributed by atoms with Crippen LogP contribution in [-0.4, -0.2) is 31.4 Å². The van der Waals surface area contributed by atoms with Crippen LogP contribution in [0.4, 0.5) is 0 Å². The SMILES string of the molecule is CN(C)C(=O)CC1(CN)CCC1. The van der Waals surface area contributed by atoms with Gasteiger partial charge in [0.15, 0.2) is 0 Å². The van der Waals surface area contributed by atoms with E-state index in [1.807, 2.05) is 0 Å². The van der Waals surface area contributed by atoms with Gasteiger partial charge in [0.2, 0.25) is 5.91 Å². The molecular formula is C9H18N2O. The van der Waals surface area contributed by atoms with E-state index in [1.165, 1.54) is 6.42 Å². The van der Waals surface area contributed by atoms with Crippen LogP contribution in [0.25, 0.3) is 0 Å². The van der Waals surface area contributed by atoms with E-state index in [4.69, 9.17) is 5.73 Å². The minimum Gasteiger partial charge on any atom is -0.349 e. The topological polar surface area (TPSA) is 46.3 Å². The molecule has 3 nitrogen and oxygen atoms in total. The largest absolute Gasteiger partial charge is 0.349 e. The van der Waals surface area contributed by atoms with Crippen LogP contribution in [0.15, 0.2) is 0 Å². The standard InChI is InChI=1S/C9H18N2O/c1-11(2)8(12)6-9(7-10)4-3-5-9/h3-7,10H2,1-2H3. The van der Waals surface area contributed by atoms with Gasteiger partial charge in [-0.05, 0) is 24.8 Å². The van der Waals surface area contributed by atoms with Crippen LogP contribution < -0.4 is 5.73 Å². The van der Waals surface area contributed by atoms with Crippen LogP contribution >= 0.6 is 0 Å². The summed E-state index contributed by atoms with van der Waals surface area (Å²) in [5.41, 5.74) is 5.80. The average molecular weight is 170 g/mol. The van der Waals surface area contributed by atoms with Crippen molar-refractivity contribution in [2.75, 3.05) is 20.6 Å². The zero-order valence-corrected chi connectivity index (χ0v) is 7.97. The van der Waals surface area contributed by atoms with Crippen LogP contribution in [0.3, 0.4) is 0 Å². The number of hydrogen-bond acceptors (Lipinski definition) is 2. The van der Waals surface area contributed by atoms with Crippen molar-refractivity contribution >= 4 is 5.91 Å². The first-order valence-electron chi connectivity index (χ1n) is 4.50. The fourth-order valence-corrected chi connectivity index (χ4v) is 1.61. The lowest BCUT2D eigenvalue weighted by Gasteiger charge is -2.40. The quantitative estimate of drug-likeness (QED) is 0.674. The first-order valence-corrected chi connectivity index (χ1v) is 4.50. The fourth-order valence-electron chi connectivity index (χ4n) is 1.61. The summed E-state index contributed by atoms with van der Waals surface area (Å²) >= 11 is 0. The molecular weight excluding hydrogens is 152 g/mol. The van der Waals surface area contributed by atoms with Gasteiger partial charge < -0.3 is 10.6 Å². The Balaban J connectivity index is 2.43. The van der Waals surface area contributed by atoms with Gasteiger partial charge in [-0.2, -0.15) is 0 Å². The van der Waals surface area contributed by atoms with E-state index in [1.54, 1.807) is 19.0 Å². The Morgan fingerprint density at radius 1 is 1.50 bits per heavy atom. The number of carbonyl (C=O) groups is 1. The van der Waals surface area contributed by atoms with Crippen molar-refractivity contribution in [3.05, 3.63) is 0 Å². The lowest BCUT2D eigenvalue weighted by molar-refractivity contribution is -0.132. The van der Waals surface area contributed by atoms with Gasteiger partial charge in [0, 0.05) is 20.5 Å². The molecule has 70 valence electrons. The Kier molecular flexibility index (Phi) is 2.73. The molecule has 0 unspecified atom stereocenters. The highest BCUT2D eigenvalue weighted by molar-refractivity contribution is 5.76. The van der Waals surface area contributed by atoms with Crippen molar-refractivity contribution < 1.29 is 4.79 Å². The zero-order valence-electron chi connectivity index (χ0n) is 7.97. The summed E-state index contributed by atoms with van der Waals surface area (Å²) in [5, 5.41) is 0. The molecule has 0 saturated heterocycles. The molecule has 0 aromatic heterocycles. The second-order valence-corrected chi connectivity index (χ2v) is 4.02. The maximum absolute atomic E-state index is 11.4. The summed E-state index contributed by atoms with van der Waals surface area (Å²) in [5.74, 6) is 0.208. The van der Waals surface area contributed by atoms with Gasteiger partial charge in [0.1, 0.15) is 0 Å². The van der Waals surface area contributed by atoms with Gasteiger partial charge in [-0.25, -0.2) is 0 Å². The first-order chi connectivity index (χ1) is 5.59. The Bertz CT molecular complexity index is 168. The maximum atomic E-state index is 11.4. The number of rotatable bonds is 3. The number of hydrogen-bond donors (Lipinski definition) is 1. The van der Waals surface area contributed by atoms with E-state index >= 15 is 0 Å². The Labute approximate surface area is 73.9 Å². The molecule has 3 heteroatoms. The molecule has 2 N–H and O–H groups in total. The van der Waals surface area contributed by atoms with E-state index in [0.29, 0.717) is 13.0 Å². The van der Waals surface area contributed by atoms with E-state index in [-0.39, 0.29) is 11.3 Å². The molecule has 0 aliphatic heterocycles. The summed E-state index contributed by atoms with van der Waals surface area (Å²) < 4.78 is 0. The number of nitrogens with zero attached hydrogens (tertiary/aromatic N) is 1. The molecule has 0 aromatic rings. The van der Waals surface area contributed by atoms with Crippen molar-refractivity contribution in [1.82, 2.24) is 4.90 Å². The van der Waals surface area contributed by atoms with E-state index in [9.17, 15) is 4.79 Å². The van der Waals surface area contributed by atoms with E-state index in [2.05, 4.69) is 0 Å². The van der Waals surface area contributed by atoms with Crippen molar-refractivity contribution in [2.45, 2.75) is 25.7 Å². The van der Waals surface area contributed by atoms with E-state index < -0.39 is 0 Å². The van der Waals surface area contributed by atoms with Gasteiger partial charge >= 0.3 is 0 Å². The molecule has 0 bridgehead atoms. The molecule has 12 heavy (non-hydrogen) atoms. The Morgan fingerprint density at radius 2 is 2.08 bits per heavy atom. The van der Waals surface area contributed by atoms with Gasteiger partial charge in [0.05, 0.1) is 0 Å². The van der Waals surface area contributed by atoms with Crippen LogP contribution in [0.1, 0.15) is 25.7 Å². The second kappa shape index (κ2) is 3.44. The molecule has 1 amide bonds. The highest BCUT2D eigenvalue weighted by Crippen LogP contribution is 2.43. The van der Waals surface area contributed by atoms with Gasteiger partial charge in [0.25, 0.3) is 0 Å². The molecule has 1 fully saturated rings. The van der Waals surface area contributed by atoms with Crippen molar-refractivity contribution in [2.24, 2.45) is 11.1 Å². The Morgan fingerprint density at radius 3 is 2.33 bits per heavy atom. The minimum absolute atomic E-state index is 0.154. The summed E-state index contributed by atoms with van der Waals surface area (Å²) in [6.45, 7) is 0.659. The summed E-state index contributed by atoms with van der Waals surface area (Å²) in [4.78, 5) is 13.0. The third kappa shape index (κ3) is 1.78. The lowest BCUT2D eigenvalue weighted by atomic mass is 9.66. The smallest absolute Gasteiger partial charge is 0.222 e.